The summed E-state index contributed by atoms with van der Waals surface area (Å²) in [5.41, 5.74) is 0.994. The number of amides is 2. The van der Waals surface area contributed by atoms with E-state index in [1.54, 1.807) is 33.9 Å². The Morgan fingerprint density at radius 1 is 1.11 bits per heavy atom. The van der Waals surface area contributed by atoms with Gasteiger partial charge in [-0.3, -0.25) is 9.78 Å². The minimum atomic E-state index is -0.992. The topological polar surface area (TPSA) is 120 Å². The van der Waals surface area contributed by atoms with E-state index < -0.39 is 29.2 Å². The van der Waals surface area contributed by atoms with E-state index in [0.717, 1.165) is 11.3 Å². The van der Waals surface area contributed by atoms with Crippen LogP contribution in [0.1, 0.15) is 43.4 Å². The molecule has 1 aliphatic heterocycles. The zero-order valence-corrected chi connectivity index (χ0v) is 26.7. The number of rotatable bonds is 9. The molecular weight excluding hydrogens is 598 g/mol. The molecule has 2 aromatic carbocycles. The Bertz CT molecular complexity index is 1770. The van der Waals surface area contributed by atoms with Crippen LogP contribution in [0.25, 0.3) is 22.3 Å². The van der Waals surface area contributed by atoms with Gasteiger partial charge in [-0.1, -0.05) is 6.07 Å². The number of fused-ring (bicyclic) bond motifs is 1. The van der Waals surface area contributed by atoms with Gasteiger partial charge in [0.25, 0.3) is 5.91 Å². The van der Waals surface area contributed by atoms with E-state index >= 15 is 4.39 Å². The number of nitrogens with zero attached hydrogens (tertiary/aromatic N) is 4. The van der Waals surface area contributed by atoms with Gasteiger partial charge in [-0.05, 0) is 64.4 Å². The van der Waals surface area contributed by atoms with Gasteiger partial charge < -0.3 is 34.3 Å². The molecule has 0 saturated carbocycles. The molecular formula is C33H38F2N6O5. The molecule has 11 nitrogen and oxygen atoms in total. The number of methoxy groups -OCH3 is 2. The second-order valence-corrected chi connectivity index (χ2v) is 12.0. The number of halogens is 2. The zero-order chi connectivity index (χ0) is 33.2. The molecule has 5 rings (SSSR count). The number of aryl methyl sites for hydroxylation is 1. The van der Waals surface area contributed by atoms with Gasteiger partial charge in [-0.25, -0.2) is 18.6 Å². The van der Waals surface area contributed by atoms with Crippen molar-refractivity contribution in [3.8, 4) is 17.0 Å². The number of alkyl carbamates (subject to hydrolysis) is 1. The summed E-state index contributed by atoms with van der Waals surface area (Å²) in [5, 5.41) is 5.79. The van der Waals surface area contributed by atoms with Gasteiger partial charge in [0.2, 0.25) is 0 Å². The summed E-state index contributed by atoms with van der Waals surface area (Å²) in [5.74, 6) is -1.65. The molecule has 2 aromatic heterocycles. The normalized spacial score (nSPS) is 14.9. The molecule has 2 amide bonds. The average Bonchev–Trinajstić information content (AvgIpc) is 3.58. The summed E-state index contributed by atoms with van der Waals surface area (Å²) in [4.78, 5) is 37.1. The van der Waals surface area contributed by atoms with Gasteiger partial charge in [0.15, 0.2) is 5.82 Å². The Hall–Kier alpha value is -4.78. The fourth-order valence-electron chi connectivity index (χ4n) is 5.62. The molecule has 3 heterocycles. The minimum Gasteiger partial charge on any atom is -0.496 e. The van der Waals surface area contributed by atoms with Crippen LogP contribution < -0.4 is 20.3 Å². The van der Waals surface area contributed by atoms with E-state index in [0.29, 0.717) is 49.6 Å². The molecule has 13 heteroatoms. The van der Waals surface area contributed by atoms with Crippen LogP contribution in [0.15, 0.2) is 42.6 Å². The van der Waals surface area contributed by atoms with Crippen molar-refractivity contribution in [2.75, 3.05) is 44.1 Å². The van der Waals surface area contributed by atoms with Crippen molar-refractivity contribution in [1.29, 1.82) is 0 Å². The van der Waals surface area contributed by atoms with Gasteiger partial charge in [-0.15, -0.1) is 0 Å². The molecule has 0 radical (unpaired) electrons. The monoisotopic (exact) mass is 636 g/mol. The van der Waals surface area contributed by atoms with Crippen molar-refractivity contribution in [2.45, 2.75) is 52.3 Å². The van der Waals surface area contributed by atoms with E-state index in [2.05, 4.69) is 15.6 Å². The molecule has 244 valence electrons. The van der Waals surface area contributed by atoms with Crippen molar-refractivity contribution in [3.05, 3.63) is 65.6 Å². The average molecular weight is 637 g/mol. The number of aromatic nitrogens is 3. The first-order valence-electron chi connectivity index (χ1n) is 14.9. The van der Waals surface area contributed by atoms with E-state index in [4.69, 9.17) is 19.2 Å². The maximum absolute atomic E-state index is 15.9. The van der Waals surface area contributed by atoms with Gasteiger partial charge in [0.1, 0.15) is 34.2 Å². The highest BCUT2D eigenvalue weighted by molar-refractivity contribution is 6.09. The lowest BCUT2D eigenvalue weighted by molar-refractivity contribution is 0.0509. The summed E-state index contributed by atoms with van der Waals surface area (Å²) in [6, 6.07) is 8.70. The molecule has 46 heavy (non-hydrogen) atoms. The van der Waals surface area contributed by atoms with Gasteiger partial charge in [0, 0.05) is 32.9 Å². The first-order chi connectivity index (χ1) is 21.9. The minimum absolute atomic E-state index is 0.0831. The second-order valence-electron chi connectivity index (χ2n) is 12.0. The summed E-state index contributed by atoms with van der Waals surface area (Å²) < 4.78 is 48.7. The Labute approximate surface area is 265 Å². The van der Waals surface area contributed by atoms with Crippen LogP contribution in [0, 0.1) is 18.6 Å². The van der Waals surface area contributed by atoms with Crippen LogP contribution in [-0.4, -0.2) is 72.1 Å². The largest absolute Gasteiger partial charge is 0.496 e. The third-order valence-corrected chi connectivity index (χ3v) is 7.64. The SMILES string of the molecule is COCCn1c(C)nc2c(N3CC[C@H](NC(=O)OC(C)(C)C)C3)c(NC(=O)c3ccnc(-c4c(F)cccc4OC)c3F)ccc21. The Kier molecular flexibility index (Phi) is 9.42. The predicted molar refractivity (Wildman–Crippen MR) is 170 cm³/mol. The Morgan fingerprint density at radius 3 is 2.61 bits per heavy atom. The van der Waals surface area contributed by atoms with Gasteiger partial charge in [0.05, 0.1) is 47.8 Å². The molecule has 0 bridgehead atoms. The van der Waals surface area contributed by atoms with Crippen molar-refractivity contribution >= 4 is 34.4 Å². The molecule has 1 fully saturated rings. The van der Waals surface area contributed by atoms with E-state index in [-0.39, 0.29) is 28.6 Å². The summed E-state index contributed by atoms with van der Waals surface area (Å²) >= 11 is 0. The lowest BCUT2D eigenvalue weighted by Gasteiger charge is -2.24. The number of pyridine rings is 1. The van der Waals surface area contributed by atoms with Gasteiger partial charge >= 0.3 is 6.09 Å². The Morgan fingerprint density at radius 2 is 1.89 bits per heavy atom. The number of anilines is 2. The molecule has 4 aromatic rings. The van der Waals surface area contributed by atoms with E-state index in [1.807, 2.05) is 22.5 Å². The number of carbonyl (C=O) groups is 2. The van der Waals surface area contributed by atoms with Crippen LogP contribution in [-0.2, 0) is 16.0 Å². The third-order valence-electron chi connectivity index (χ3n) is 7.64. The third kappa shape index (κ3) is 6.74. The highest BCUT2D eigenvalue weighted by Gasteiger charge is 2.31. The molecule has 0 aliphatic carbocycles. The van der Waals surface area contributed by atoms with Crippen molar-refractivity contribution < 1.29 is 32.6 Å². The second kappa shape index (κ2) is 13.3. The molecule has 1 atom stereocenters. The summed E-state index contributed by atoms with van der Waals surface area (Å²) in [6.45, 7) is 9.30. The fraction of sp³-hybridized carbons (Fsp3) is 0.394. The first-order valence-corrected chi connectivity index (χ1v) is 14.9. The van der Waals surface area contributed by atoms with E-state index in [9.17, 15) is 14.0 Å². The van der Waals surface area contributed by atoms with Crippen molar-refractivity contribution in [3.63, 3.8) is 0 Å². The zero-order valence-electron chi connectivity index (χ0n) is 26.7. The lowest BCUT2D eigenvalue weighted by atomic mass is 10.1. The molecule has 1 aliphatic rings. The van der Waals surface area contributed by atoms with Crippen LogP contribution in [0.4, 0.5) is 25.0 Å². The van der Waals surface area contributed by atoms with Crippen molar-refractivity contribution in [2.24, 2.45) is 0 Å². The fourth-order valence-corrected chi connectivity index (χ4v) is 5.62. The van der Waals surface area contributed by atoms with E-state index in [1.165, 1.54) is 37.6 Å². The Balaban J connectivity index is 1.51. The number of imidazole rings is 1. The maximum atomic E-state index is 15.9. The predicted octanol–water partition coefficient (Wildman–Crippen LogP) is 5.70. The van der Waals surface area contributed by atoms with Crippen LogP contribution >= 0.6 is 0 Å². The number of nitrogens with one attached hydrogen (secondary N) is 2. The number of hydrogen-bond acceptors (Lipinski definition) is 8. The van der Waals surface area contributed by atoms with Gasteiger partial charge in [-0.2, -0.15) is 0 Å². The van der Waals surface area contributed by atoms with Crippen LogP contribution in [0.2, 0.25) is 0 Å². The number of hydrogen-bond donors (Lipinski definition) is 2. The smallest absolute Gasteiger partial charge is 0.407 e. The molecule has 1 saturated heterocycles. The van der Waals surface area contributed by atoms with Crippen LogP contribution in [0.3, 0.4) is 0 Å². The molecule has 2 N–H and O–H groups in total. The van der Waals surface area contributed by atoms with Crippen molar-refractivity contribution in [1.82, 2.24) is 19.9 Å². The highest BCUT2D eigenvalue weighted by atomic mass is 19.1. The molecule has 0 unspecified atom stereocenters. The number of carbonyl (C=O) groups excluding carboxylic acids is 2. The van der Waals surface area contributed by atoms with Crippen LogP contribution in [0.5, 0.6) is 5.75 Å². The lowest BCUT2D eigenvalue weighted by Crippen LogP contribution is -2.40. The number of benzene rings is 2. The summed E-state index contributed by atoms with van der Waals surface area (Å²) in [7, 11) is 2.97. The maximum Gasteiger partial charge on any atom is 0.407 e. The first kappa shape index (κ1) is 32.6. The highest BCUT2D eigenvalue weighted by Crippen LogP contribution is 2.38. The standard InChI is InChI=1S/C33H38F2N6O5/c1-19-37-28-24(41(19)16-17-44-5)11-10-23(30(28)40-15-13-20(18-40)38-32(43)46-33(2,3)4)39-31(42)21-12-14-36-29(27(21)35)26-22(34)8-7-9-25(26)45-6/h7-12,14,20H,13,15-18H2,1-6H3,(H,38,43)(H,39,42)/t20-/m0/s1. The molecule has 0 spiro atoms. The number of ether oxygens (including phenoxy) is 3. The quantitative estimate of drug-likeness (QED) is 0.240. The summed E-state index contributed by atoms with van der Waals surface area (Å²) in [6.07, 6.45) is 1.36.